The molecule has 116 valence electrons. The third-order valence-corrected chi connectivity index (χ3v) is 3.57. The van der Waals surface area contributed by atoms with E-state index in [0.29, 0.717) is 5.89 Å². The van der Waals surface area contributed by atoms with Gasteiger partial charge < -0.3 is 15.6 Å². The summed E-state index contributed by atoms with van der Waals surface area (Å²) in [6.45, 7) is 7.28. The molecule has 0 aliphatic rings. The Morgan fingerprint density at radius 1 is 1.05 bits per heavy atom. The first-order chi connectivity index (χ1) is 9.56. The van der Waals surface area contributed by atoms with Crippen molar-refractivity contribution in [3.8, 4) is 0 Å². The van der Waals surface area contributed by atoms with E-state index < -0.39 is 0 Å². The standard InChI is InChI=1S/C15H30N4O/c1-4-5-6-7-8-9-10-11-12-17-15(2,3)13-18-14(16)19-20-13/h17H,4-12H2,1-3H3,(H2,16,19). The molecule has 0 unspecified atom stereocenters. The molecular formula is C15H30N4O. The van der Waals surface area contributed by atoms with E-state index in [0.717, 1.165) is 6.54 Å². The molecule has 0 saturated carbocycles. The van der Waals surface area contributed by atoms with E-state index in [1.165, 1.54) is 51.4 Å². The highest BCUT2D eigenvalue weighted by Gasteiger charge is 2.26. The molecule has 0 spiro atoms. The Morgan fingerprint density at radius 2 is 1.65 bits per heavy atom. The Hall–Kier alpha value is -1.10. The number of anilines is 1. The smallest absolute Gasteiger partial charge is 0.260 e. The predicted octanol–water partition coefficient (Wildman–Crippen LogP) is 3.62. The van der Waals surface area contributed by atoms with E-state index in [2.05, 4.69) is 22.4 Å². The number of nitrogens with one attached hydrogen (secondary N) is 1. The van der Waals surface area contributed by atoms with Gasteiger partial charge in [-0.05, 0) is 32.0 Å². The third-order valence-electron chi connectivity index (χ3n) is 3.57. The average molecular weight is 282 g/mol. The van der Waals surface area contributed by atoms with Crippen LogP contribution >= 0.6 is 0 Å². The van der Waals surface area contributed by atoms with Gasteiger partial charge in [0.1, 0.15) is 0 Å². The summed E-state index contributed by atoms with van der Waals surface area (Å²) in [6, 6.07) is 0. The number of hydrogen-bond acceptors (Lipinski definition) is 5. The summed E-state index contributed by atoms with van der Waals surface area (Å²) >= 11 is 0. The monoisotopic (exact) mass is 282 g/mol. The number of nitrogens with zero attached hydrogens (tertiary/aromatic N) is 2. The second-order valence-electron chi connectivity index (χ2n) is 5.98. The summed E-state index contributed by atoms with van der Waals surface area (Å²) in [5, 5.41) is 7.08. The van der Waals surface area contributed by atoms with Crippen LogP contribution in [0.4, 0.5) is 5.95 Å². The topological polar surface area (TPSA) is 77.0 Å². The van der Waals surface area contributed by atoms with E-state index in [-0.39, 0.29) is 11.5 Å². The molecule has 1 heterocycles. The molecule has 0 radical (unpaired) electrons. The number of unbranched alkanes of at least 4 members (excludes halogenated alkanes) is 7. The van der Waals surface area contributed by atoms with E-state index in [1.807, 2.05) is 13.8 Å². The fraction of sp³-hybridized carbons (Fsp3) is 0.867. The maximum absolute atomic E-state index is 5.48. The lowest BCUT2D eigenvalue weighted by Gasteiger charge is -2.21. The highest BCUT2D eigenvalue weighted by Crippen LogP contribution is 2.18. The first-order valence-electron chi connectivity index (χ1n) is 7.91. The number of hydrogen-bond donors (Lipinski definition) is 2. The van der Waals surface area contributed by atoms with Gasteiger partial charge in [-0.3, -0.25) is 0 Å². The van der Waals surface area contributed by atoms with Gasteiger partial charge in [0.25, 0.3) is 5.95 Å². The van der Waals surface area contributed by atoms with Crippen LogP contribution in [0.5, 0.6) is 0 Å². The second kappa shape index (κ2) is 8.95. The van der Waals surface area contributed by atoms with Gasteiger partial charge in [-0.15, -0.1) is 0 Å². The minimum Gasteiger partial charge on any atom is -0.365 e. The molecule has 0 aliphatic heterocycles. The molecular weight excluding hydrogens is 252 g/mol. The van der Waals surface area contributed by atoms with Gasteiger partial charge in [0.15, 0.2) is 0 Å². The summed E-state index contributed by atoms with van der Waals surface area (Å²) < 4.78 is 5.11. The van der Waals surface area contributed by atoms with Crippen LogP contribution in [0, 0.1) is 0 Å². The van der Waals surface area contributed by atoms with Crippen molar-refractivity contribution in [1.29, 1.82) is 0 Å². The molecule has 0 amide bonds. The Morgan fingerprint density at radius 3 is 2.20 bits per heavy atom. The van der Waals surface area contributed by atoms with Gasteiger partial charge in [0.2, 0.25) is 5.89 Å². The fourth-order valence-corrected chi connectivity index (χ4v) is 2.22. The Labute approximate surface area is 122 Å². The number of nitrogens with two attached hydrogens (primary N) is 1. The lowest BCUT2D eigenvalue weighted by Crippen LogP contribution is -2.37. The van der Waals surface area contributed by atoms with Crippen LogP contribution in [-0.2, 0) is 5.54 Å². The normalized spacial score (nSPS) is 11.9. The van der Waals surface area contributed by atoms with Gasteiger partial charge >= 0.3 is 0 Å². The molecule has 20 heavy (non-hydrogen) atoms. The van der Waals surface area contributed by atoms with Gasteiger partial charge in [0.05, 0.1) is 5.54 Å². The largest absolute Gasteiger partial charge is 0.365 e. The minimum atomic E-state index is -0.314. The van der Waals surface area contributed by atoms with Gasteiger partial charge in [-0.2, -0.15) is 4.98 Å². The predicted molar refractivity (Wildman–Crippen MR) is 82.3 cm³/mol. The number of aromatic nitrogens is 2. The summed E-state index contributed by atoms with van der Waals surface area (Å²) in [4.78, 5) is 4.08. The minimum absolute atomic E-state index is 0.196. The molecule has 5 nitrogen and oxygen atoms in total. The van der Waals surface area contributed by atoms with Crippen molar-refractivity contribution < 1.29 is 4.52 Å². The first kappa shape index (κ1) is 17.0. The van der Waals surface area contributed by atoms with Crippen LogP contribution in [-0.4, -0.2) is 16.7 Å². The van der Waals surface area contributed by atoms with Crippen LogP contribution in [0.1, 0.15) is 78.0 Å². The van der Waals surface area contributed by atoms with Crippen molar-refractivity contribution in [3.05, 3.63) is 5.89 Å². The summed E-state index contributed by atoms with van der Waals surface area (Å²) in [7, 11) is 0. The van der Waals surface area contributed by atoms with E-state index in [1.54, 1.807) is 0 Å². The highest BCUT2D eigenvalue weighted by atomic mass is 16.5. The Bertz CT molecular complexity index is 363. The van der Waals surface area contributed by atoms with Gasteiger partial charge in [-0.25, -0.2) is 0 Å². The molecule has 3 N–H and O–H groups in total. The Balaban J connectivity index is 2.06. The van der Waals surface area contributed by atoms with Crippen molar-refractivity contribution in [1.82, 2.24) is 15.5 Å². The first-order valence-corrected chi connectivity index (χ1v) is 7.91. The number of rotatable bonds is 11. The van der Waals surface area contributed by atoms with Crippen molar-refractivity contribution in [3.63, 3.8) is 0 Å². The quantitative estimate of drug-likeness (QED) is 0.606. The van der Waals surface area contributed by atoms with Crippen LogP contribution in [0.15, 0.2) is 4.52 Å². The van der Waals surface area contributed by atoms with Crippen LogP contribution in [0.2, 0.25) is 0 Å². The molecule has 1 aromatic rings. The molecule has 0 saturated heterocycles. The zero-order valence-corrected chi connectivity index (χ0v) is 13.2. The lowest BCUT2D eigenvalue weighted by molar-refractivity contribution is 0.267. The highest BCUT2D eigenvalue weighted by molar-refractivity contribution is 5.13. The maximum Gasteiger partial charge on any atom is 0.260 e. The van der Waals surface area contributed by atoms with E-state index in [9.17, 15) is 0 Å². The molecule has 1 aromatic heterocycles. The van der Waals surface area contributed by atoms with E-state index >= 15 is 0 Å². The van der Waals surface area contributed by atoms with Crippen molar-refractivity contribution in [2.75, 3.05) is 12.3 Å². The SMILES string of the molecule is CCCCCCCCCCNC(C)(C)c1nc(N)no1. The zero-order chi connectivity index (χ0) is 14.8. The fourth-order valence-electron chi connectivity index (χ4n) is 2.22. The molecule has 5 heteroatoms. The average Bonchev–Trinajstić information content (AvgIpc) is 2.84. The summed E-state index contributed by atoms with van der Waals surface area (Å²) in [6.07, 6.45) is 10.6. The third kappa shape index (κ3) is 6.37. The van der Waals surface area contributed by atoms with Gasteiger partial charge in [0, 0.05) is 0 Å². The van der Waals surface area contributed by atoms with Gasteiger partial charge in [-0.1, -0.05) is 51.9 Å². The van der Waals surface area contributed by atoms with Crippen molar-refractivity contribution >= 4 is 5.95 Å². The summed E-state index contributed by atoms with van der Waals surface area (Å²) in [5.41, 5.74) is 5.16. The Kier molecular flexibility index (Phi) is 7.59. The van der Waals surface area contributed by atoms with Crippen LogP contribution in [0.3, 0.4) is 0 Å². The molecule has 0 bridgehead atoms. The lowest BCUT2D eigenvalue weighted by atomic mass is 10.0. The van der Waals surface area contributed by atoms with E-state index in [4.69, 9.17) is 10.3 Å². The van der Waals surface area contributed by atoms with Crippen molar-refractivity contribution in [2.45, 2.75) is 77.7 Å². The molecule has 0 aromatic carbocycles. The molecule has 1 rings (SSSR count). The molecule has 0 fully saturated rings. The second-order valence-corrected chi connectivity index (χ2v) is 5.98. The summed E-state index contributed by atoms with van der Waals surface area (Å²) in [5.74, 6) is 0.747. The van der Waals surface area contributed by atoms with Crippen molar-refractivity contribution in [2.24, 2.45) is 0 Å². The maximum atomic E-state index is 5.48. The molecule has 0 aliphatic carbocycles. The van der Waals surface area contributed by atoms with Crippen LogP contribution in [0.25, 0.3) is 0 Å². The number of nitrogen functional groups attached to an aromatic ring is 1. The zero-order valence-electron chi connectivity index (χ0n) is 13.2. The van der Waals surface area contributed by atoms with Crippen LogP contribution < -0.4 is 11.1 Å². The molecule has 0 atom stereocenters.